The Morgan fingerprint density at radius 2 is 1.07 bits per heavy atom. The van der Waals surface area contributed by atoms with E-state index in [0.29, 0.717) is 45.1 Å². The van der Waals surface area contributed by atoms with Crippen molar-refractivity contribution in [1.29, 1.82) is 0 Å². The van der Waals surface area contributed by atoms with E-state index in [0.717, 1.165) is 0 Å². The Labute approximate surface area is 331 Å². The van der Waals surface area contributed by atoms with Gasteiger partial charge >= 0.3 is 11.9 Å². The molecule has 14 nitrogen and oxygen atoms in total. The lowest BCUT2D eigenvalue weighted by Gasteiger charge is -2.19. The van der Waals surface area contributed by atoms with Crippen LogP contribution >= 0.6 is 23.2 Å². The first-order valence-electron chi connectivity index (χ1n) is 18.9. The number of aromatic carboxylic acids is 1. The molecule has 0 saturated heterocycles. The van der Waals surface area contributed by atoms with Gasteiger partial charge < -0.3 is 19.3 Å². The van der Waals surface area contributed by atoms with Crippen LogP contribution in [0.4, 0.5) is 0 Å². The van der Waals surface area contributed by atoms with E-state index in [4.69, 9.17) is 42.5 Å². The number of nitrogens with zero attached hydrogens (tertiary/aromatic N) is 6. The molecule has 4 spiro atoms. The molecule has 4 aromatic heterocycles. The first kappa shape index (κ1) is 36.8. The number of carbonyl (C=O) groups excluding carboxylic acids is 3. The Morgan fingerprint density at radius 3 is 1.41 bits per heavy atom. The maximum atomic E-state index is 12.6. The maximum Gasteiger partial charge on any atom is 0.341 e. The van der Waals surface area contributed by atoms with Crippen molar-refractivity contribution in [3.8, 4) is 23.4 Å². The highest BCUT2D eigenvalue weighted by molar-refractivity contribution is 6.32. The van der Waals surface area contributed by atoms with E-state index in [2.05, 4.69) is 20.2 Å². The number of carbonyl (C=O) groups is 4. The summed E-state index contributed by atoms with van der Waals surface area (Å²) in [6.07, 6.45) is 12.9. The molecule has 292 valence electrons. The van der Waals surface area contributed by atoms with Crippen LogP contribution in [0.25, 0.3) is 11.6 Å². The van der Waals surface area contributed by atoms with Crippen molar-refractivity contribution < 1.29 is 38.5 Å². The maximum absolute atomic E-state index is 12.6. The molecule has 6 aliphatic rings. The summed E-state index contributed by atoms with van der Waals surface area (Å²) in [7, 11) is 0. The van der Waals surface area contributed by atoms with Crippen LogP contribution in [0.15, 0.2) is 48.8 Å². The van der Waals surface area contributed by atoms with Crippen LogP contribution in [0.1, 0.15) is 92.9 Å². The molecule has 0 unspecified atom stereocenters. The Morgan fingerprint density at radius 1 is 0.679 bits per heavy atom. The summed E-state index contributed by atoms with van der Waals surface area (Å²) < 4.78 is 19.5. The topological polar surface area (TPSA) is 178 Å². The normalized spacial score (nSPS) is 20.6. The Balaban J connectivity index is 0.000000148. The molecule has 10 rings (SSSR count). The molecule has 4 aromatic rings. The third kappa shape index (κ3) is 6.16. The number of fused-ring (bicyclic) bond motifs is 2. The number of ether oxygens (including phenoxy) is 3. The van der Waals surface area contributed by atoms with E-state index >= 15 is 0 Å². The minimum absolute atomic E-state index is 0.0353. The van der Waals surface area contributed by atoms with Crippen LogP contribution in [-0.4, -0.2) is 77.0 Å². The van der Waals surface area contributed by atoms with Crippen LogP contribution in [0.3, 0.4) is 0 Å². The van der Waals surface area contributed by atoms with Crippen molar-refractivity contribution in [3.05, 3.63) is 70.2 Å². The van der Waals surface area contributed by atoms with Crippen molar-refractivity contribution in [2.45, 2.75) is 77.7 Å². The lowest BCUT2D eigenvalue weighted by molar-refractivity contribution is -0.123. The monoisotopic (exact) mass is 802 g/mol. The van der Waals surface area contributed by atoms with Gasteiger partial charge in [-0.3, -0.25) is 9.59 Å². The molecule has 6 saturated carbocycles. The van der Waals surface area contributed by atoms with Crippen LogP contribution in [0, 0.1) is 33.5 Å². The summed E-state index contributed by atoms with van der Waals surface area (Å²) in [4.78, 5) is 56.5. The predicted octanol–water partition coefficient (Wildman–Crippen LogP) is 6.77. The van der Waals surface area contributed by atoms with Gasteiger partial charge in [0.2, 0.25) is 11.8 Å². The van der Waals surface area contributed by atoms with E-state index in [9.17, 15) is 19.2 Å². The highest BCUT2D eigenvalue weighted by atomic mass is 35.5. The number of carboxylic acid groups (broad SMARTS) is 1. The number of hydrogen-bond acceptors (Lipinski definition) is 11. The number of esters is 1. The number of Topliss-reactive ketones (excluding diaryl/α,β-unsaturated/α-hetero) is 2. The van der Waals surface area contributed by atoms with Gasteiger partial charge in [-0.15, -0.1) is 10.2 Å². The molecule has 6 aliphatic carbocycles. The highest BCUT2D eigenvalue weighted by Crippen LogP contribution is 2.93. The van der Waals surface area contributed by atoms with E-state index in [1.165, 1.54) is 72.9 Å². The zero-order chi connectivity index (χ0) is 39.4. The fourth-order valence-electron chi connectivity index (χ4n) is 9.62. The highest BCUT2D eigenvalue weighted by Gasteiger charge is 2.89. The average Bonchev–Trinajstić information content (AvgIpc) is 3.85. The SMILES string of the molecule is CC(C)(C)OC(=O)c1ccc(-n2ccc(OCC(=O)C3C4(CC4)C34CC4)n2)nc1Cl.O=C(O)c1ccc(-n2ccc(OCC(=O)C3C4(CC4)C34CC4)n2)nc1Cl. The summed E-state index contributed by atoms with van der Waals surface area (Å²) in [5.41, 5.74) is 0.837. The van der Waals surface area contributed by atoms with Gasteiger partial charge in [0.05, 0.1) is 11.1 Å². The zero-order valence-corrected chi connectivity index (χ0v) is 32.6. The van der Waals surface area contributed by atoms with Crippen molar-refractivity contribution in [2.75, 3.05) is 13.2 Å². The number of aromatic nitrogens is 6. The number of carboxylic acids is 1. The smallest absolute Gasteiger partial charge is 0.341 e. The zero-order valence-electron chi connectivity index (χ0n) is 31.1. The van der Waals surface area contributed by atoms with Gasteiger partial charge in [0.25, 0.3) is 0 Å². The van der Waals surface area contributed by atoms with Crippen molar-refractivity contribution >= 4 is 46.7 Å². The summed E-state index contributed by atoms with van der Waals surface area (Å²) in [5.74, 6) is 0.595. The standard InChI is InChI=1S/C22H24ClN3O4.C18H16ClN3O4/c1-20(2,3)30-19(28)13-4-5-15(24-18(13)23)26-11-6-16(25-26)29-12-14(27)17-21(7-8-21)22(17)9-10-22;19-15-10(16(24)25)1-2-12(20-15)22-8-3-13(21-22)26-9-11(23)14-17(4-5-17)18(14)6-7-18/h4-6,11,17H,7-10,12H2,1-3H3;1-3,8,14H,4-7,9H2,(H,24,25). The van der Waals surface area contributed by atoms with Crippen LogP contribution < -0.4 is 9.47 Å². The van der Waals surface area contributed by atoms with Crippen molar-refractivity contribution in [2.24, 2.45) is 33.5 Å². The van der Waals surface area contributed by atoms with Gasteiger partial charge in [-0.05, 0) is 118 Å². The van der Waals surface area contributed by atoms with Crippen LogP contribution in [-0.2, 0) is 14.3 Å². The summed E-state index contributed by atoms with van der Waals surface area (Å²) in [5, 5.41) is 17.5. The van der Waals surface area contributed by atoms with Gasteiger partial charge in [0, 0.05) is 36.4 Å². The Kier molecular flexibility index (Phi) is 8.27. The molecule has 0 bridgehead atoms. The molecule has 0 atom stereocenters. The second-order valence-electron chi connectivity index (χ2n) is 17.0. The lowest BCUT2D eigenvalue weighted by atomic mass is 10.2. The molecular formula is C40H40Cl2N6O8. The van der Waals surface area contributed by atoms with Crippen molar-refractivity contribution in [1.82, 2.24) is 29.5 Å². The number of ketones is 2. The average molecular weight is 804 g/mol. The molecule has 0 aliphatic heterocycles. The molecule has 16 heteroatoms. The minimum Gasteiger partial charge on any atom is -0.478 e. The van der Waals surface area contributed by atoms with Crippen molar-refractivity contribution in [3.63, 3.8) is 0 Å². The molecule has 4 heterocycles. The molecular weight excluding hydrogens is 763 g/mol. The predicted molar refractivity (Wildman–Crippen MR) is 200 cm³/mol. The molecule has 56 heavy (non-hydrogen) atoms. The number of rotatable bonds is 12. The first-order chi connectivity index (χ1) is 26.6. The van der Waals surface area contributed by atoms with E-state index in [1.54, 1.807) is 57.4 Å². The molecule has 0 radical (unpaired) electrons. The quantitative estimate of drug-likeness (QED) is 0.118. The van der Waals surface area contributed by atoms with Gasteiger partial charge in [0.1, 0.15) is 29.1 Å². The molecule has 6 fully saturated rings. The van der Waals surface area contributed by atoms with E-state index in [1.807, 2.05) is 0 Å². The molecule has 1 N–H and O–H groups in total. The van der Waals surface area contributed by atoms with E-state index < -0.39 is 17.5 Å². The number of hydrogen-bond donors (Lipinski definition) is 1. The molecule has 0 aromatic carbocycles. The third-order valence-electron chi connectivity index (χ3n) is 12.7. The minimum atomic E-state index is -1.14. The Hall–Kier alpha value is -4.82. The first-order valence-corrected chi connectivity index (χ1v) is 19.6. The van der Waals surface area contributed by atoms with Gasteiger partial charge in [-0.1, -0.05) is 23.2 Å². The second-order valence-corrected chi connectivity index (χ2v) is 17.7. The van der Waals surface area contributed by atoms with E-state index in [-0.39, 0.29) is 58.0 Å². The second kappa shape index (κ2) is 12.6. The Bertz CT molecular complexity index is 2280. The summed E-state index contributed by atoms with van der Waals surface area (Å²) >= 11 is 12.1. The van der Waals surface area contributed by atoms with Gasteiger partial charge in [-0.25, -0.2) is 28.9 Å². The lowest BCUT2D eigenvalue weighted by Crippen LogP contribution is -2.24. The molecule has 0 amide bonds. The summed E-state index contributed by atoms with van der Waals surface area (Å²) in [6, 6.07) is 9.38. The van der Waals surface area contributed by atoms with Gasteiger partial charge in [0.15, 0.2) is 23.2 Å². The third-order valence-corrected chi connectivity index (χ3v) is 13.2. The van der Waals surface area contributed by atoms with Crippen LogP contribution in [0.2, 0.25) is 10.3 Å². The fourth-order valence-corrected chi connectivity index (χ4v) is 10.1. The van der Waals surface area contributed by atoms with Crippen LogP contribution in [0.5, 0.6) is 11.8 Å². The summed E-state index contributed by atoms with van der Waals surface area (Å²) in [6.45, 7) is 5.45. The largest absolute Gasteiger partial charge is 0.478 e. The number of halogens is 2. The van der Waals surface area contributed by atoms with Gasteiger partial charge in [-0.2, -0.15) is 0 Å². The number of pyridine rings is 2. The fraction of sp³-hybridized carbons (Fsp3) is 0.500.